The zero-order chi connectivity index (χ0) is 48.6. The van der Waals surface area contributed by atoms with E-state index in [1.165, 1.54) is 39.8 Å². The van der Waals surface area contributed by atoms with Crippen molar-refractivity contribution in [2.24, 2.45) is 22.3 Å². The summed E-state index contributed by atoms with van der Waals surface area (Å²) in [6.45, 7) is 4.72. The Balaban J connectivity index is 1.72. The first kappa shape index (κ1) is 53.7. The third-order valence-electron chi connectivity index (χ3n) is 14.3. The first-order chi connectivity index (χ1) is 29.4. The summed E-state index contributed by atoms with van der Waals surface area (Å²) >= 11 is 0. The lowest BCUT2D eigenvalue weighted by Crippen LogP contribution is -2.78. The van der Waals surface area contributed by atoms with Gasteiger partial charge in [-0.1, -0.05) is 19.9 Å². The van der Waals surface area contributed by atoms with Crippen molar-refractivity contribution in [1.29, 1.82) is 0 Å². The van der Waals surface area contributed by atoms with Gasteiger partial charge < -0.3 is 102 Å². The minimum absolute atomic E-state index is 0.116. The van der Waals surface area contributed by atoms with Crippen molar-refractivity contribution in [3.8, 4) is 11.5 Å². The van der Waals surface area contributed by atoms with Crippen molar-refractivity contribution in [3.63, 3.8) is 0 Å². The van der Waals surface area contributed by atoms with Crippen molar-refractivity contribution in [2.45, 2.75) is 138 Å². The van der Waals surface area contributed by atoms with E-state index in [2.05, 4.69) is 5.32 Å². The molecule has 1 aromatic carbocycles. The lowest BCUT2D eigenvalue weighted by Gasteiger charge is -2.61. The van der Waals surface area contributed by atoms with Crippen LogP contribution in [-0.4, -0.2) is 214 Å². The van der Waals surface area contributed by atoms with E-state index in [1.54, 1.807) is 20.8 Å². The molecule has 4 rings (SSSR count). The Bertz CT molecular complexity index is 1770. The number of phenols is 2. The van der Waals surface area contributed by atoms with Gasteiger partial charge in [-0.2, -0.15) is 0 Å². The molecular weight excluding hydrogens is 852 g/mol. The van der Waals surface area contributed by atoms with Gasteiger partial charge in [0, 0.05) is 35.0 Å². The van der Waals surface area contributed by atoms with Crippen LogP contribution in [0.5, 0.6) is 11.5 Å². The van der Waals surface area contributed by atoms with Crippen molar-refractivity contribution in [3.05, 3.63) is 23.3 Å². The van der Waals surface area contributed by atoms with Crippen LogP contribution in [0.25, 0.3) is 0 Å². The van der Waals surface area contributed by atoms with Gasteiger partial charge in [0.2, 0.25) is 0 Å². The average molecular weight is 923 g/mol. The van der Waals surface area contributed by atoms with E-state index >= 15 is 0 Å². The number of nitrogens with one attached hydrogen (secondary N) is 1. The van der Waals surface area contributed by atoms with Gasteiger partial charge in [0.05, 0.1) is 101 Å². The predicted octanol–water partition coefficient (Wildman–Crippen LogP) is -4.15. The Hall–Kier alpha value is -2.92. The molecule has 0 bridgehead atoms. The Labute approximate surface area is 371 Å². The van der Waals surface area contributed by atoms with Gasteiger partial charge >= 0.3 is 11.9 Å². The molecule has 368 valence electrons. The van der Waals surface area contributed by atoms with Crippen LogP contribution in [0, 0.1) is 10.8 Å². The van der Waals surface area contributed by atoms with Crippen LogP contribution in [-0.2, 0) is 46.4 Å². The summed E-state index contributed by atoms with van der Waals surface area (Å²) in [5, 5.41) is 132. The highest BCUT2D eigenvalue weighted by Gasteiger charge is 2.65. The molecule has 0 aliphatic carbocycles. The SMILES string of the molecule is CC1(COCC2(C)C(CO)OC(C)(COCC3(C)C(CO)OC(O)C(N)[C@]3(C)O)C(NCc3ccc(O)c(CN(CC(=O)O)CC(=O)O)c3O)[C@]2(C)O)OC(CO)C(O)[C@@](C)(O)C1N. The van der Waals surface area contributed by atoms with Gasteiger partial charge in [-0.15, -0.1) is 0 Å². The minimum atomic E-state index is -1.99. The van der Waals surface area contributed by atoms with Crippen molar-refractivity contribution < 1.29 is 94.6 Å². The van der Waals surface area contributed by atoms with E-state index in [4.69, 9.17) is 35.2 Å². The second-order valence-corrected chi connectivity index (χ2v) is 19.1. The van der Waals surface area contributed by atoms with Crippen LogP contribution in [0.3, 0.4) is 0 Å². The zero-order valence-electron chi connectivity index (χ0n) is 37.4. The summed E-state index contributed by atoms with van der Waals surface area (Å²) in [5.74, 6) is -3.67. The molecule has 0 saturated carbocycles. The number of aromatic hydroxyl groups is 2. The minimum Gasteiger partial charge on any atom is -0.507 e. The lowest BCUT2D eigenvalue weighted by molar-refractivity contribution is -0.320. The summed E-state index contributed by atoms with van der Waals surface area (Å²) in [7, 11) is 0. The van der Waals surface area contributed by atoms with Crippen LogP contribution in [0.4, 0.5) is 0 Å². The van der Waals surface area contributed by atoms with Gasteiger partial charge in [0.15, 0.2) is 6.29 Å². The summed E-state index contributed by atoms with van der Waals surface area (Å²) in [4.78, 5) is 24.0. The normalized spacial score (nSPS) is 41.6. The van der Waals surface area contributed by atoms with Crippen molar-refractivity contribution in [2.75, 3.05) is 59.3 Å². The molecule has 3 fully saturated rings. The predicted molar refractivity (Wildman–Crippen MR) is 221 cm³/mol. The maximum atomic E-state index is 12.9. The number of carboxylic acid groups (broad SMARTS) is 2. The van der Waals surface area contributed by atoms with Gasteiger partial charge in [-0.05, 0) is 40.7 Å². The molecule has 0 radical (unpaired) electrons. The highest BCUT2D eigenvalue weighted by Crippen LogP contribution is 2.50. The number of aliphatic hydroxyl groups is 8. The van der Waals surface area contributed by atoms with E-state index in [1.807, 2.05) is 0 Å². The second-order valence-electron chi connectivity index (χ2n) is 19.1. The molecule has 23 nitrogen and oxygen atoms in total. The molecule has 23 heteroatoms. The fourth-order valence-corrected chi connectivity index (χ4v) is 9.47. The molecule has 3 aliphatic rings. The third-order valence-corrected chi connectivity index (χ3v) is 14.3. The van der Waals surface area contributed by atoms with Crippen LogP contribution in [0.15, 0.2) is 12.1 Å². The number of nitrogens with zero attached hydrogens (tertiary/aromatic N) is 1. The molecule has 3 aliphatic heterocycles. The number of benzene rings is 1. The smallest absolute Gasteiger partial charge is 0.317 e. The lowest BCUT2D eigenvalue weighted by atomic mass is 9.61. The third kappa shape index (κ3) is 10.0. The number of hydrogen-bond acceptors (Lipinski definition) is 21. The summed E-state index contributed by atoms with van der Waals surface area (Å²) in [6, 6.07) is -1.22. The highest BCUT2D eigenvalue weighted by molar-refractivity contribution is 5.72. The summed E-state index contributed by atoms with van der Waals surface area (Å²) < 4.78 is 30.6. The van der Waals surface area contributed by atoms with Crippen molar-refractivity contribution >= 4 is 11.9 Å². The molecule has 15 atom stereocenters. The first-order valence-corrected chi connectivity index (χ1v) is 20.9. The maximum absolute atomic E-state index is 12.9. The Morgan fingerprint density at radius 3 is 1.81 bits per heavy atom. The van der Waals surface area contributed by atoms with Crippen LogP contribution in [0.2, 0.25) is 0 Å². The van der Waals surface area contributed by atoms with Gasteiger partial charge in [-0.25, -0.2) is 0 Å². The van der Waals surface area contributed by atoms with Gasteiger partial charge in [-0.3, -0.25) is 14.5 Å². The number of aliphatic carboxylic acids is 2. The van der Waals surface area contributed by atoms with Crippen LogP contribution in [0.1, 0.15) is 59.6 Å². The summed E-state index contributed by atoms with van der Waals surface area (Å²) in [5.41, 5.74) is 0.602. The topological polar surface area (TPSA) is 390 Å². The molecule has 0 aromatic heterocycles. The van der Waals surface area contributed by atoms with Crippen LogP contribution >= 0.6 is 0 Å². The van der Waals surface area contributed by atoms with Gasteiger partial charge in [0.25, 0.3) is 0 Å². The molecule has 0 amide bonds. The molecular formula is C41H70N4O19. The monoisotopic (exact) mass is 922 g/mol. The largest absolute Gasteiger partial charge is 0.507 e. The summed E-state index contributed by atoms with van der Waals surface area (Å²) in [6.07, 6.45) is -6.75. The van der Waals surface area contributed by atoms with E-state index in [0.717, 1.165) is 4.90 Å². The fraction of sp³-hybridized carbons (Fsp3) is 0.805. The van der Waals surface area contributed by atoms with Crippen LogP contribution < -0.4 is 16.8 Å². The number of phenolic OH excluding ortho intramolecular Hbond substituents is 2. The molecule has 0 spiro atoms. The molecule has 17 N–H and O–H groups in total. The number of carbonyl (C=O) groups is 2. The number of rotatable bonds is 20. The number of aliphatic hydroxyl groups excluding tert-OH is 5. The van der Waals surface area contributed by atoms with Gasteiger partial charge in [0.1, 0.15) is 40.5 Å². The van der Waals surface area contributed by atoms with Crippen molar-refractivity contribution in [1.82, 2.24) is 10.2 Å². The Kier molecular flexibility index (Phi) is 16.6. The molecule has 3 saturated heterocycles. The first-order valence-electron chi connectivity index (χ1n) is 20.9. The number of ether oxygens (including phenoxy) is 5. The molecule has 1 aromatic rings. The number of hydrogen-bond donors (Lipinski definition) is 15. The molecule has 64 heavy (non-hydrogen) atoms. The van der Waals surface area contributed by atoms with E-state index < -0.39 is 151 Å². The Morgan fingerprint density at radius 1 is 0.766 bits per heavy atom. The van der Waals surface area contributed by atoms with E-state index in [-0.39, 0.29) is 44.1 Å². The number of carboxylic acids is 2. The molecule has 3 heterocycles. The van der Waals surface area contributed by atoms with E-state index in [0.29, 0.717) is 0 Å². The maximum Gasteiger partial charge on any atom is 0.317 e. The standard InChI is InChI=1S/C41H70N4O19/c1-35(25(15-47)62-32(56)30(42)40(35,6)58)17-61-20-38(4)34(44-10-21-8-9-23(49)22(29(21)54)11-45(12-27(50)51)13-28(52)53)41(7,59)36(2,26(16-48)64-38)18-60-19-37(3)33(43)39(5,57)31(55)24(14-46)63-37/h8-9,24-26,30-34,44,46-49,54-59H,10-20,42-43H2,1-7H3,(H,50,51)(H,52,53)/t24?,25?,26?,30?,31?,32?,33?,34?,35?,36?,37?,38?,39-,40+,41+/m1/s1. The zero-order valence-corrected chi connectivity index (χ0v) is 37.4. The fourth-order valence-electron chi connectivity index (χ4n) is 9.47. The van der Waals surface area contributed by atoms with E-state index in [9.17, 15) is 70.9 Å². The highest BCUT2D eigenvalue weighted by atomic mass is 16.6. The Morgan fingerprint density at radius 2 is 1.30 bits per heavy atom. The second kappa shape index (κ2) is 19.7. The number of nitrogens with two attached hydrogens (primary N) is 2. The quantitative estimate of drug-likeness (QED) is 0.0590. The average Bonchev–Trinajstić information content (AvgIpc) is 3.20. The molecule has 12 unspecified atom stereocenters.